The average molecular weight is 240 g/mol. The number of carbonyl (C=O) groups is 1. The molecule has 0 saturated heterocycles. The lowest BCUT2D eigenvalue weighted by Gasteiger charge is -2.06. The van der Waals surface area contributed by atoms with Gasteiger partial charge in [-0.1, -0.05) is 35.9 Å². The van der Waals surface area contributed by atoms with Gasteiger partial charge in [0.25, 0.3) is 5.91 Å². The Morgan fingerprint density at radius 2 is 2.06 bits per heavy atom. The first-order valence-corrected chi connectivity index (χ1v) is 5.25. The van der Waals surface area contributed by atoms with Crippen molar-refractivity contribution in [3.05, 3.63) is 41.4 Å². The molecule has 3 nitrogen and oxygen atoms in total. The third-order valence-corrected chi connectivity index (χ3v) is 2.00. The monoisotopic (exact) mass is 239 g/mol. The van der Waals surface area contributed by atoms with Crippen LogP contribution in [0.3, 0.4) is 0 Å². The molecular formula is C12H14ClNO2. The first kappa shape index (κ1) is 12.6. The summed E-state index contributed by atoms with van der Waals surface area (Å²) in [6.45, 7) is 5.69. The molecule has 0 aliphatic rings. The van der Waals surface area contributed by atoms with E-state index in [1.165, 1.54) is 0 Å². The van der Waals surface area contributed by atoms with Crippen LogP contribution in [-0.2, 0) is 4.79 Å². The van der Waals surface area contributed by atoms with E-state index in [0.29, 0.717) is 10.8 Å². The maximum atomic E-state index is 11.3. The molecule has 16 heavy (non-hydrogen) atoms. The number of ether oxygens (including phenoxy) is 1. The van der Waals surface area contributed by atoms with Gasteiger partial charge in [0.15, 0.2) is 6.61 Å². The summed E-state index contributed by atoms with van der Waals surface area (Å²) < 4.78 is 5.27. The molecule has 0 aliphatic carbocycles. The number of aryl methyl sites for hydroxylation is 1. The zero-order valence-corrected chi connectivity index (χ0v) is 9.88. The largest absolute Gasteiger partial charge is 0.484 e. The van der Waals surface area contributed by atoms with Crippen molar-refractivity contribution in [2.75, 3.05) is 13.2 Å². The fourth-order valence-electron chi connectivity index (χ4n) is 1.03. The van der Waals surface area contributed by atoms with Crippen LogP contribution in [0, 0.1) is 6.92 Å². The Hall–Kier alpha value is -1.48. The second-order valence-electron chi connectivity index (χ2n) is 3.40. The van der Waals surface area contributed by atoms with Gasteiger partial charge in [0.1, 0.15) is 5.75 Å². The van der Waals surface area contributed by atoms with E-state index < -0.39 is 0 Å². The quantitative estimate of drug-likeness (QED) is 0.856. The predicted molar refractivity (Wildman–Crippen MR) is 64.7 cm³/mol. The van der Waals surface area contributed by atoms with Gasteiger partial charge in [0.2, 0.25) is 0 Å². The van der Waals surface area contributed by atoms with Crippen molar-refractivity contribution in [1.82, 2.24) is 5.32 Å². The number of hydrogen-bond donors (Lipinski definition) is 1. The van der Waals surface area contributed by atoms with Gasteiger partial charge in [-0.3, -0.25) is 4.79 Å². The van der Waals surface area contributed by atoms with Crippen LogP contribution in [0.5, 0.6) is 5.75 Å². The highest BCUT2D eigenvalue weighted by molar-refractivity contribution is 6.29. The number of carbonyl (C=O) groups excluding carboxylic acids is 1. The van der Waals surface area contributed by atoms with Crippen molar-refractivity contribution in [2.45, 2.75) is 6.92 Å². The van der Waals surface area contributed by atoms with E-state index in [1.807, 2.05) is 31.2 Å². The van der Waals surface area contributed by atoms with Gasteiger partial charge in [-0.25, -0.2) is 0 Å². The minimum Gasteiger partial charge on any atom is -0.484 e. The van der Waals surface area contributed by atoms with Crippen LogP contribution in [0.1, 0.15) is 5.56 Å². The molecule has 0 heterocycles. The van der Waals surface area contributed by atoms with E-state index in [9.17, 15) is 4.79 Å². The van der Waals surface area contributed by atoms with Gasteiger partial charge in [0.05, 0.1) is 6.54 Å². The Morgan fingerprint density at radius 1 is 1.44 bits per heavy atom. The van der Waals surface area contributed by atoms with Crippen molar-refractivity contribution in [2.24, 2.45) is 0 Å². The normalized spacial score (nSPS) is 9.62. The fourth-order valence-corrected chi connectivity index (χ4v) is 1.10. The van der Waals surface area contributed by atoms with Crippen LogP contribution in [0.25, 0.3) is 0 Å². The molecule has 0 saturated carbocycles. The van der Waals surface area contributed by atoms with E-state index in [4.69, 9.17) is 16.3 Å². The zero-order chi connectivity index (χ0) is 12.0. The van der Waals surface area contributed by atoms with Gasteiger partial charge in [-0.05, 0) is 19.1 Å². The lowest BCUT2D eigenvalue weighted by Crippen LogP contribution is -2.29. The highest BCUT2D eigenvalue weighted by atomic mass is 35.5. The first-order valence-electron chi connectivity index (χ1n) is 4.87. The molecule has 0 aliphatic heterocycles. The minimum absolute atomic E-state index is 0.0206. The molecule has 0 fully saturated rings. The van der Waals surface area contributed by atoms with Crippen molar-refractivity contribution < 1.29 is 9.53 Å². The summed E-state index contributed by atoms with van der Waals surface area (Å²) in [5.74, 6) is 0.452. The topological polar surface area (TPSA) is 38.3 Å². The van der Waals surface area contributed by atoms with E-state index in [-0.39, 0.29) is 19.1 Å². The van der Waals surface area contributed by atoms with E-state index in [1.54, 1.807) is 0 Å². The number of halogens is 1. The van der Waals surface area contributed by atoms with Crippen molar-refractivity contribution in [3.8, 4) is 5.75 Å². The van der Waals surface area contributed by atoms with Crippen molar-refractivity contribution in [3.63, 3.8) is 0 Å². The van der Waals surface area contributed by atoms with Crippen molar-refractivity contribution >= 4 is 17.5 Å². The average Bonchev–Trinajstić information content (AvgIpc) is 2.25. The molecule has 0 spiro atoms. The number of benzene rings is 1. The van der Waals surface area contributed by atoms with Gasteiger partial charge in [-0.2, -0.15) is 0 Å². The fraction of sp³-hybridized carbons (Fsp3) is 0.250. The van der Waals surface area contributed by atoms with Gasteiger partial charge >= 0.3 is 0 Å². The first-order chi connectivity index (χ1) is 7.58. The summed E-state index contributed by atoms with van der Waals surface area (Å²) >= 11 is 5.51. The molecule has 1 aromatic carbocycles. The van der Waals surface area contributed by atoms with Crippen LogP contribution in [0.4, 0.5) is 0 Å². The smallest absolute Gasteiger partial charge is 0.258 e. The van der Waals surface area contributed by atoms with Crippen LogP contribution in [-0.4, -0.2) is 19.1 Å². The Bertz CT molecular complexity index is 373. The van der Waals surface area contributed by atoms with Crippen LogP contribution in [0.2, 0.25) is 0 Å². The summed E-state index contributed by atoms with van der Waals surface area (Å²) in [5, 5.41) is 2.96. The molecule has 0 unspecified atom stereocenters. The van der Waals surface area contributed by atoms with Crippen LogP contribution in [0.15, 0.2) is 35.9 Å². The maximum absolute atomic E-state index is 11.3. The van der Waals surface area contributed by atoms with Crippen LogP contribution >= 0.6 is 11.6 Å². The SMILES string of the molecule is C=C(Cl)CNC(=O)COc1ccc(C)cc1. The summed E-state index contributed by atoms with van der Waals surface area (Å²) in [6, 6.07) is 7.49. The molecule has 86 valence electrons. The Morgan fingerprint density at radius 3 is 2.62 bits per heavy atom. The molecule has 1 rings (SSSR count). The second-order valence-corrected chi connectivity index (χ2v) is 3.93. The van der Waals surface area contributed by atoms with Crippen LogP contribution < -0.4 is 10.1 Å². The predicted octanol–water partition coefficient (Wildman–Crippen LogP) is 2.24. The molecule has 4 heteroatoms. The number of amides is 1. The van der Waals surface area contributed by atoms with Gasteiger partial charge in [-0.15, -0.1) is 0 Å². The molecule has 0 atom stereocenters. The molecule has 0 bridgehead atoms. The molecular weight excluding hydrogens is 226 g/mol. The Labute approximate surface area is 100 Å². The molecule has 0 aromatic heterocycles. The standard InChI is InChI=1S/C12H14ClNO2/c1-9-3-5-11(6-4-9)16-8-12(15)14-7-10(2)13/h3-6H,2,7-8H2,1H3,(H,14,15). The lowest BCUT2D eigenvalue weighted by molar-refractivity contribution is -0.122. The number of rotatable bonds is 5. The number of nitrogens with one attached hydrogen (secondary N) is 1. The van der Waals surface area contributed by atoms with Crippen molar-refractivity contribution in [1.29, 1.82) is 0 Å². The molecule has 0 radical (unpaired) electrons. The highest BCUT2D eigenvalue weighted by Gasteiger charge is 2.02. The Kier molecular flexibility index (Phi) is 4.86. The van der Waals surface area contributed by atoms with Gasteiger partial charge < -0.3 is 10.1 Å². The third kappa shape index (κ3) is 4.84. The summed E-state index contributed by atoms with van der Waals surface area (Å²) in [6.07, 6.45) is 0. The van der Waals surface area contributed by atoms with E-state index >= 15 is 0 Å². The number of hydrogen-bond acceptors (Lipinski definition) is 2. The molecule has 1 aromatic rings. The second kappa shape index (κ2) is 6.18. The Balaban J connectivity index is 2.31. The van der Waals surface area contributed by atoms with E-state index in [2.05, 4.69) is 11.9 Å². The lowest BCUT2D eigenvalue weighted by atomic mass is 10.2. The molecule has 1 N–H and O–H groups in total. The third-order valence-electron chi connectivity index (χ3n) is 1.87. The zero-order valence-electron chi connectivity index (χ0n) is 9.13. The summed E-state index contributed by atoms with van der Waals surface area (Å²) in [4.78, 5) is 11.3. The molecule has 1 amide bonds. The summed E-state index contributed by atoms with van der Waals surface area (Å²) in [5.41, 5.74) is 1.15. The summed E-state index contributed by atoms with van der Waals surface area (Å²) in [7, 11) is 0. The minimum atomic E-state index is -0.220. The highest BCUT2D eigenvalue weighted by Crippen LogP contribution is 2.10. The van der Waals surface area contributed by atoms with E-state index in [0.717, 1.165) is 5.56 Å². The maximum Gasteiger partial charge on any atom is 0.258 e. The van der Waals surface area contributed by atoms with Gasteiger partial charge in [0, 0.05) is 5.03 Å².